The highest BCUT2D eigenvalue weighted by atomic mass is 16.5. The number of aliphatic hydroxyl groups excluding tert-OH is 1. The van der Waals surface area contributed by atoms with Crippen LogP contribution in [-0.4, -0.2) is 30.9 Å². The van der Waals surface area contributed by atoms with Crippen LogP contribution in [0.1, 0.15) is 25.8 Å². The molecule has 2 N–H and O–H groups in total. The second kappa shape index (κ2) is 6.62. The van der Waals surface area contributed by atoms with Gasteiger partial charge in [-0.1, -0.05) is 12.1 Å². The van der Waals surface area contributed by atoms with E-state index in [9.17, 15) is 0 Å². The van der Waals surface area contributed by atoms with E-state index in [1.165, 1.54) is 5.56 Å². The molecular formula is C14H23NO2. The molecule has 0 heterocycles. The maximum Gasteiger partial charge on any atom is 0.118 e. The van der Waals surface area contributed by atoms with Crippen LogP contribution in [0.3, 0.4) is 0 Å². The highest BCUT2D eigenvalue weighted by Crippen LogP contribution is 2.12. The van der Waals surface area contributed by atoms with E-state index in [0.29, 0.717) is 0 Å². The number of hydrogen-bond donors (Lipinski definition) is 2. The van der Waals surface area contributed by atoms with Crippen molar-refractivity contribution in [2.24, 2.45) is 0 Å². The number of aliphatic hydroxyl groups is 1. The average molecular weight is 237 g/mol. The summed E-state index contributed by atoms with van der Waals surface area (Å²) in [6, 6.07) is 8.13. The minimum atomic E-state index is 0.00121. The van der Waals surface area contributed by atoms with E-state index in [0.717, 1.165) is 25.1 Å². The highest BCUT2D eigenvalue weighted by molar-refractivity contribution is 5.27. The number of ether oxygens (including phenoxy) is 1. The molecule has 0 spiro atoms. The molecular weight excluding hydrogens is 214 g/mol. The van der Waals surface area contributed by atoms with Gasteiger partial charge in [0.1, 0.15) is 5.75 Å². The van der Waals surface area contributed by atoms with Gasteiger partial charge in [-0.15, -0.1) is 0 Å². The monoisotopic (exact) mass is 237 g/mol. The fourth-order valence-corrected chi connectivity index (χ4v) is 1.71. The van der Waals surface area contributed by atoms with Gasteiger partial charge in [0.05, 0.1) is 7.11 Å². The molecule has 0 saturated heterocycles. The molecule has 96 valence electrons. The lowest BCUT2D eigenvalue weighted by Gasteiger charge is -2.25. The third-order valence-corrected chi connectivity index (χ3v) is 2.91. The molecule has 0 radical (unpaired) electrons. The molecule has 0 aliphatic rings. The minimum Gasteiger partial charge on any atom is -0.497 e. The van der Waals surface area contributed by atoms with Gasteiger partial charge in [-0.2, -0.15) is 0 Å². The van der Waals surface area contributed by atoms with Crippen LogP contribution in [0.25, 0.3) is 0 Å². The molecule has 1 aromatic rings. The summed E-state index contributed by atoms with van der Waals surface area (Å²) in [7, 11) is 1.67. The Bertz CT molecular complexity index is 319. The first-order valence-corrected chi connectivity index (χ1v) is 6.06. The van der Waals surface area contributed by atoms with Crippen LogP contribution in [0, 0.1) is 0 Å². The van der Waals surface area contributed by atoms with Crippen LogP contribution in [-0.2, 0) is 6.42 Å². The van der Waals surface area contributed by atoms with E-state index in [-0.39, 0.29) is 12.1 Å². The summed E-state index contributed by atoms with van der Waals surface area (Å²) in [5.41, 5.74) is 1.29. The average Bonchev–Trinajstić information content (AvgIpc) is 2.29. The maximum absolute atomic E-state index is 8.92. The third-order valence-electron chi connectivity index (χ3n) is 2.91. The summed E-state index contributed by atoms with van der Waals surface area (Å²) >= 11 is 0. The van der Waals surface area contributed by atoms with Crippen molar-refractivity contribution in [1.82, 2.24) is 5.32 Å². The van der Waals surface area contributed by atoms with Gasteiger partial charge < -0.3 is 15.2 Å². The van der Waals surface area contributed by atoms with Crippen LogP contribution in [0.4, 0.5) is 0 Å². The van der Waals surface area contributed by atoms with Crippen molar-refractivity contribution in [1.29, 1.82) is 0 Å². The molecule has 0 bridgehead atoms. The molecule has 0 aromatic heterocycles. The summed E-state index contributed by atoms with van der Waals surface area (Å²) in [6.45, 7) is 5.36. The van der Waals surface area contributed by atoms with Crippen LogP contribution in [0.5, 0.6) is 5.75 Å². The van der Waals surface area contributed by atoms with Gasteiger partial charge in [0.25, 0.3) is 0 Å². The predicted octanol–water partition coefficient (Wildman–Crippen LogP) is 1.99. The maximum atomic E-state index is 8.92. The van der Waals surface area contributed by atoms with Crippen LogP contribution < -0.4 is 10.1 Å². The molecule has 0 fully saturated rings. The van der Waals surface area contributed by atoms with Gasteiger partial charge >= 0.3 is 0 Å². The van der Waals surface area contributed by atoms with Crippen molar-refractivity contribution in [3.8, 4) is 5.75 Å². The Morgan fingerprint density at radius 2 is 1.88 bits per heavy atom. The van der Waals surface area contributed by atoms with Gasteiger partial charge in [-0.3, -0.25) is 0 Å². The van der Waals surface area contributed by atoms with Crippen molar-refractivity contribution in [3.05, 3.63) is 29.8 Å². The normalized spacial score (nSPS) is 11.5. The predicted molar refractivity (Wildman–Crippen MR) is 70.5 cm³/mol. The first-order chi connectivity index (χ1) is 8.07. The Balaban J connectivity index is 2.35. The molecule has 1 aromatic carbocycles. The molecule has 17 heavy (non-hydrogen) atoms. The van der Waals surface area contributed by atoms with Crippen molar-refractivity contribution in [2.45, 2.75) is 32.2 Å². The summed E-state index contributed by atoms with van der Waals surface area (Å²) < 4.78 is 5.12. The summed E-state index contributed by atoms with van der Waals surface area (Å²) in [6.07, 6.45) is 1.76. The van der Waals surface area contributed by atoms with E-state index in [4.69, 9.17) is 9.84 Å². The second-order valence-corrected chi connectivity index (χ2v) is 4.88. The van der Waals surface area contributed by atoms with Crippen molar-refractivity contribution < 1.29 is 9.84 Å². The van der Waals surface area contributed by atoms with Gasteiger partial charge in [0, 0.05) is 12.1 Å². The number of rotatable bonds is 7. The Labute approximate surface area is 104 Å². The van der Waals surface area contributed by atoms with Gasteiger partial charge in [-0.25, -0.2) is 0 Å². The lowest BCUT2D eigenvalue weighted by molar-refractivity contribution is 0.231. The molecule has 0 aliphatic heterocycles. The van der Waals surface area contributed by atoms with Gasteiger partial charge in [0.2, 0.25) is 0 Å². The zero-order valence-electron chi connectivity index (χ0n) is 11.0. The fraction of sp³-hybridized carbons (Fsp3) is 0.571. The third kappa shape index (κ3) is 5.20. The largest absolute Gasteiger partial charge is 0.497 e. The quantitative estimate of drug-likeness (QED) is 0.762. The van der Waals surface area contributed by atoms with Crippen LogP contribution in [0.15, 0.2) is 24.3 Å². The molecule has 0 amide bonds. The SMILES string of the molecule is COc1ccc(CCNC(C)(C)CCO)cc1. The van der Waals surface area contributed by atoms with Crippen molar-refractivity contribution >= 4 is 0 Å². The smallest absolute Gasteiger partial charge is 0.118 e. The lowest BCUT2D eigenvalue weighted by atomic mass is 10.0. The van der Waals surface area contributed by atoms with Crippen molar-refractivity contribution in [3.63, 3.8) is 0 Å². The zero-order chi connectivity index (χ0) is 12.7. The second-order valence-electron chi connectivity index (χ2n) is 4.88. The first-order valence-electron chi connectivity index (χ1n) is 6.06. The Kier molecular flexibility index (Phi) is 5.45. The summed E-state index contributed by atoms with van der Waals surface area (Å²) in [5.74, 6) is 0.891. The standard InChI is InChI=1S/C14H23NO2/c1-14(2,9-11-16)15-10-8-12-4-6-13(17-3)7-5-12/h4-7,15-16H,8-11H2,1-3H3. The highest BCUT2D eigenvalue weighted by Gasteiger charge is 2.15. The molecule has 0 atom stereocenters. The van der Waals surface area contributed by atoms with Crippen LogP contribution in [0.2, 0.25) is 0 Å². The first kappa shape index (κ1) is 14.0. The Hall–Kier alpha value is -1.06. The summed E-state index contributed by atoms with van der Waals surface area (Å²) in [4.78, 5) is 0. The molecule has 0 saturated carbocycles. The van der Waals surface area contributed by atoms with E-state index < -0.39 is 0 Å². The molecule has 1 rings (SSSR count). The van der Waals surface area contributed by atoms with Gasteiger partial charge in [-0.05, 0) is 50.9 Å². The Morgan fingerprint density at radius 1 is 1.24 bits per heavy atom. The summed E-state index contributed by atoms with van der Waals surface area (Å²) in [5, 5.41) is 12.4. The number of nitrogens with one attached hydrogen (secondary N) is 1. The molecule has 3 heteroatoms. The lowest BCUT2D eigenvalue weighted by Crippen LogP contribution is -2.41. The minimum absolute atomic E-state index is 0.00121. The fourth-order valence-electron chi connectivity index (χ4n) is 1.71. The Morgan fingerprint density at radius 3 is 2.41 bits per heavy atom. The number of methoxy groups -OCH3 is 1. The topological polar surface area (TPSA) is 41.5 Å². The van der Waals surface area contributed by atoms with E-state index >= 15 is 0 Å². The van der Waals surface area contributed by atoms with Gasteiger partial charge in [0.15, 0.2) is 0 Å². The zero-order valence-corrected chi connectivity index (χ0v) is 11.0. The number of hydrogen-bond acceptors (Lipinski definition) is 3. The van der Waals surface area contributed by atoms with E-state index in [1.807, 2.05) is 12.1 Å². The van der Waals surface area contributed by atoms with E-state index in [1.54, 1.807) is 7.11 Å². The van der Waals surface area contributed by atoms with Crippen molar-refractivity contribution in [2.75, 3.05) is 20.3 Å². The number of benzene rings is 1. The van der Waals surface area contributed by atoms with Crippen LogP contribution >= 0.6 is 0 Å². The molecule has 0 aliphatic carbocycles. The molecule has 0 unspecified atom stereocenters. The molecule has 3 nitrogen and oxygen atoms in total. The van der Waals surface area contributed by atoms with E-state index in [2.05, 4.69) is 31.3 Å².